The Morgan fingerprint density at radius 3 is 1.64 bits per heavy atom. The molecule has 0 fully saturated rings. The van der Waals surface area contributed by atoms with Crippen molar-refractivity contribution in [3.63, 3.8) is 0 Å². The van der Waals surface area contributed by atoms with Crippen LogP contribution in [-0.4, -0.2) is 29.4 Å². The molecule has 0 amide bonds. The maximum Gasteiger partial charge on any atom is 1.00 e. The van der Waals surface area contributed by atoms with Crippen LogP contribution in [0.15, 0.2) is 0 Å². The molecule has 4 nitrogen and oxygen atoms in total. The van der Waals surface area contributed by atoms with E-state index < -0.39 is 15.4 Å². The average molecular weight is 403 g/mol. The molecule has 0 aromatic heterocycles. The topological polar surface area (TPSA) is 77.4 Å². The number of aliphatic hydroxyl groups excluding tert-OH is 1. The van der Waals surface area contributed by atoms with Crippen molar-refractivity contribution in [2.45, 2.75) is 122 Å². The summed E-state index contributed by atoms with van der Waals surface area (Å²) in [7, 11) is -4.15. The maximum atomic E-state index is 11.1. The maximum absolute atomic E-state index is 11.1. The molecule has 0 saturated heterocycles. The molecule has 0 bridgehead atoms. The first-order valence-corrected chi connectivity index (χ1v) is 11.5. The molecular formula is C19H39KO4S. The Bertz CT molecular complexity index is 374. The van der Waals surface area contributed by atoms with Gasteiger partial charge in [-0.2, -0.15) is 0 Å². The van der Waals surface area contributed by atoms with Gasteiger partial charge in [0.05, 0.1) is 16.2 Å². The second-order valence-corrected chi connectivity index (χ2v) is 8.76. The van der Waals surface area contributed by atoms with Crippen LogP contribution in [0.4, 0.5) is 0 Å². The van der Waals surface area contributed by atoms with E-state index in [0.29, 0.717) is 12.8 Å². The first kappa shape index (κ1) is 28.7. The van der Waals surface area contributed by atoms with Gasteiger partial charge in [0.25, 0.3) is 0 Å². The number of rotatable bonds is 17. The van der Waals surface area contributed by atoms with Crippen molar-refractivity contribution in [3.8, 4) is 0 Å². The van der Waals surface area contributed by atoms with Gasteiger partial charge in [-0.25, -0.2) is 8.42 Å². The van der Waals surface area contributed by atoms with E-state index in [9.17, 15) is 18.1 Å². The third-order valence-corrected chi connectivity index (χ3v) is 6.01. The molecule has 0 saturated carbocycles. The summed E-state index contributed by atoms with van der Waals surface area (Å²) >= 11 is 0. The summed E-state index contributed by atoms with van der Waals surface area (Å²) < 4.78 is 33.4. The van der Waals surface area contributed by atoms with Gasteiger partial charge in [0.15, 0.2) is 0 Å². The van der Waals surface area contributed by atoms with E-state index >= 15 is 0 Å². The Morgan fingerprint density at radius 1 is 0.720 bits per heavy atom. The summed E-state index contributed by atoms with van der Waals surface area (Å²) in [5.74, 6) is 0. The normalized spacial score (nSPS) is 14.1. The van der Waals surface area contributed by atoms with E-state index in [-0.39, 0.29) is 57.5 Å². The van der Waals surface area contributed by atoms with Gasteiger partial charge >= 0.3 is 51.4 Å². The molecule has 0 rings (SSSR count). The molecule has 0 aromatic carbocycles. The summed E-state index contributed by atoms with van der Waals surface area (Å²) in [4.78, 5) is 0. The summed E-state index contributed by atoms with van der Waals surface area (Å²) in [6.45, 7) is 4.12. The fourth-order valence-electron chi connectivity index (χ4n) is 3.17. The minimum Gasteiger partial charge on any atom is -0.748 e. The Labute approximate surface area is 199 Å². The second-order valence-electron chi connectivity index (χ2n) is 7.11. The third-order valence-electron chi connectivity index (χ3n) is 4.72. The molecular weight excluding hydrogens is 363 g/mol. The van der Waals surface area contributed by atoms with Crippen LogP contribution in [0.3, 0.4) is 0 Å². The van der Waals surface area contributed by atoms with Gasteiger partial charge in [0.1, 0.15) is 0 Å². The fraction of sp³-hybridized carbons (Fsp3) is 1.00. The van der Waals surface area contributed by atoms with Gasteiger partial charge in [-0.3, -0.25) is 0 Å². The molecule has 0 aliphatic carbocycles. The molecule has 25 heavy (non-hydrogen) atoms. The van der Waals surface area contributed by atoms with Crippen molar-refractivity contribution in [3.05, 3.63) is 0 Å². The zero-order chi connectivity index (χ0) is 18.3. The van der Waals surface area contributed by atoms with Gasteiger partial charge in [0.2, 0.25) is 0 Å². The molecule has 0 spiro atoms. The van der Waals surface area contributed by atoms with Crippen molar-refractivity contribution in [2.75, 3.05) is 0 Å². The molecule has 1 N–H and O–H groups in total. The van der Waals surface area contributed by atoms with Crippen molar-refractivity contribution >= 4 is 10.1 Å². The molecule has 0 radical (unpaired) electrons. The standard InChI is InChI=1S/C19H40O4S.K/c1-3-5-6-7-8-9-11-15-18(20)16-12-10-13-17-19(14-4-2)24(21,22)23;/h18-20H,3-17H2,1-2H3,(H,21,22,23);/q;+1/p-1. The SMILES string of the molecule is CCCCCCCCCC(O)CCCCCC(CCC)S(=O)(=O)[O-].[K+]. The molecule has 0 aliphatic heterocycles. The Morgan fingerprint density at radius 2 is 1.16 bits per heavy atom. The van der Waals surface area contributed by atoms with E-state index in [0.717, 1.165) is 44.9 Å². The van der Waals surface area contributed by atoms with Crippen molar-refractivity contribution in [1.29, 1.82) is 0 Å². The first-order valence-electron chi connectivity index (χ1n) is 10.0. The fourth-order valence-corrected chi connectivity index (χ4v) is 4.14. The van der Waals surface area contributed by atoms with Gasteiger partial charge in [-0.15, -0.1) is 0 Å². The second kappa shape index (κ2) is 18.9. The quantitative estimate of drug-likeness (QED) is 0.230. The predicted molar refractivity (Wildman–Crippen MR) is 100 cm³/mol. The van der Waals surface area contributed by atoms with Gasteiger partial charge in [-0.1, -0.05) is 84.5 Å². The van der Waals surface area contributed by atoms with Crippen molar-refractivity contribution < 1.29 is 69.5 Å². The molecule has 0 aromatic rings. The molecule has 2 unspecified atom stereocenters. The largest absolute Gasteiger partial charge is 1.00 e. The van der Waals surface area contributed by atoms with Crippen LogP contribution < -0.4 is 51.4 Å². The van der Waals surface area contributed by atoms with Gasteiger partial charge < -0.3 is 9.66 Å². The zero-order valence-electron chi connectivity index (χ0n) is 16.8. The minimum absolute atomic E-state index is 0. The molecule has 6 heteroatoms. The van der Waals surface area contributed by atoms with E-state index in [1.165, 1.54) is 38.5 Å². The monoisotopic (exact) mass is 402 g/mol. The van der Waals surface area contributed by atoms with E-state index in [4.69, 9.17) is 0 Å². The molecule has 0 heterocycles. The number of unbranched alkanes of at least 4 members (excludes halogenated alkanes) is 8. The van der Waals surface area contributed by atoms with E-state index in [2.05, 4.69) is 6.92 Å². The molecule has 2 atom stereocenters. The zero-order valence-corrected chi connectivity index (χ0v) is 20.8. The van der Waals surface area contributed by atoms with Gasteiger partial charge in [-0.05, 0) is 25.7 Å². The minimum atomic E-state index is -4.15. The van der Waals surface area contributed by atoms with E-state index in [1.807, 2.05) is 6.92 Å². The summed E-state index contributed by atoms with van der Waals surface area (Å²) in [6, 6.07) is 0. The number of aliphatic hydroxyl groups is 1. The van der Waals surface area contributed by atoms with Crippen LogP contribution in [-0.2, 0) is 10.1 Å². The summed E-state index contributed by atoms with van der Waals surface area (Å²) in [5, 5.41) is 9.24. The smallest absolute Gasteiger partial charge is 0.748 e. The van der Waals surface area contributed by atoms with Crippen LogP contribution in [0.25, 0.3) is 0 Å². The van der Waals surface area contributed by atoms with E-state index in [1.54, 1.807) is 0 Å². The number of hydrogen-bond donors (Lipinski definition) is 1. The van der Waals surface area contributed by atoms with Crippen LogP contribution >= 0.6 is 0 Å². The third kappa shape index (κ3) is 18.6. The first-order chi connectivity index (χ1) is 11.4. The van der Waals surface area contributed by atoms with Crippen LogP contribution in [0.5, 0.6) is 0 Å². The summed E-state index contributed by atoms with van der Waals surface area (Å²) in [5.41, 5.74) is 0. The molecule has 146 valence electrons. The molecule has 0 aliphatic rings. The Balaban J connectivity index is 0. The van der Waals surface area contributed by atoms with Crippen LogP contribution in [0, 0.1) is 0 Å². The Hall–Kier alpha value is 1.51. The Kier molecular flexibility index (Phi) is 21.7. The van der Waals surface area contributed by atoms with Crippen molar-refractivity contribution in [1.82, 2.24) is 0 Å². The predicted octanol–water partition coefficient (Wildman–Crippen LogP) is 2.16. The average Bonchev–Trinajstić information content (AvgIpc) is 2.51. The van der Waals surface area contributed by atoms with Gasteiger partial charge in [0, 0.05) is 5.25 Å². The van der Waals surface area contributed by atoms with Crippen LogP contribution in [0.1, 0.15) is 110 Å². The van der Waals surface area contributed by atoms with Crippen LogP contribution in [0.2, 0.25) is 0 Å². The van der Waals surface area contributed by atoms with Crippen molar-refractivity contribution in [2.24, 2.45) is 0 Å². The number of hydrogen-bond acceptors (Lipinski definition) is 4. The summed E-state index contributed by atoms with van der Waals surface area (Å²) in [6.07, 6.45) is 14.5.